The van der Waals surface area contributed by atoms with Gasteiger partial charge in [0.2, 0.25) is 5.91 Å². The van der Waals surface area contributed by atoms with Crippen LogP contribution in [0.25, 0.3) is 0 Å². The van der Waals surface area contributed by atoms with Crippen LogP contribution in [0.2, 0.25) is 0 Å². The van der Waals surface area contributed by atoms with E-state index in [4.69, 9.17) is 5.11 Å². The number of thioether (sulfide) groups is 1. The molecule has 0 bridgehead atoms. The minimum atomic E-state index is -0.974. The summed E-state index contributed by atoms with van der Waals surface area (Å²) < 4.78 is 0. The topological polar surface area (TPSA) is 66.4 Å². The van der Waals surface area contributed by atoms with Gasteiger partial charge in [0.15, 0.2) is 0 Å². The van der Waals surface area contributed by atoms with Crippen molar-refractivity contribution < 1.29 is 14.7 Å². The maximum atomic E-state index is 11.5. The summed E-state index contributed by atoms with van der Waals surface area (Å²) in [7, 11) is 0. The molecule has 0 radical (unpaired) electrons. The lowest BCUT2D eigenvalue weighted by molar-refractivity contribution is -0.113. The Hall–Kier alpha value is -1.49. The molecular formula is C12H15NO3S. The van der Waals surface area contributed by atoms with Crippen molar-refractivity contribution in [2.45, 2.75) is 19.1 Å². The lowest BCUT2D eigenvalue weighted by Crippen LogP contribution is -2.15. The van der Waals surface area contributed by atoms with Gasteiger partial charge in [0.25, 0.3) is 0 Å². The van der Waals surface area contributed by atoms with Crippen molar-refractivity contribution >= 4 is 29.3 Å². The molecule has 0 heterocycles. The van der Waals surface area contributed by atoms with E-state index >= 15 is 0 Å². The highest BCUT2D eigenvalue weighted by Gasteiger charge is 2.05. The van der Waals surface area contributed by atoms with Crippen molar-refractivity contribution in [2.75, 3.05) is 11.1 Å². The second kappa shape index (κ2) is 6.30. The van der Waals surface area contributed by atoms with Crippen LogP contribution in [0.4, 0.5) is 5.69 Å². The van der Waals surface area contributed by atoms with E-state index in [9.17, 15) is 9.59 Å². The van der Waals surface area contributed by atoms with Crippen molar-refractivity contribution in [3.05, 3.63) is 29.8 Å². The highest BCUT2D eigenvalue weighted by molar-refractivity contribution is 8.00. The molecule has 17 heavy (non-hydrogen) atoms. The summed E-state index contributed by atoms with van der Waals surface area (Å²) in [6.45, 7) is 4.05. The summed E-state index contributed by atoms with van der Waals surface area (Å²) in [5.41, 5.74) is 0.823. The summed E-state index contributed by atoms with van der Waals surface area (Å²) in [6, 6.07) is 6.10. The van der Waals surface area contributed by atoms with Gasteiger partial charge in [0.1, 0.15) is 0 Å². The highest BCUT2D eigenvalue weighted by Crippen LogP contribution is 2.12. The number of amides is 1. The molecule has 0 aliphatic heterocycles. The first kappa shape index (κ1) is 13.6. The summed E-state index contributed by atoms with van der Waals surface area (Å²) in [5, 5.41) is 11.8. The van der Waals surface area contributed by atoms with Gasteiger partial charge >= 0.3 is 5.97 Å². The molecule has 4 nitrogen and oxygen atoms in total. The number of carbonyl (C=O) groups is 2. The lowest BCUT2D eigenvalue weighted by atomic mass is 10.2. The molecule has 0 spiro atoms. The third-order valence-electron chi connectivity index (χ3n) is 1.96. The van der Waals surface area contributed by atoms with Crippen LogP contribution in [0.5, 0.6) is 0 Å². The third kappa shape index (κ3) is 4.91. The minimum Gasteiger partial charge on any atom is -0.478 e. The van der Waals surface area contributed by atoms with E-state index in [2.05, 4.69) is 5.32 Å². The van der Waals surface area contributed by atoms with E-state index < -0.39 is 5.97 Å². The van der Waals surface area contributed by atoms with E-state index in [1.165, 1.54) is 12.1 Å². The average molecular weight is 253 g/mol. The monoisotopic (exact) mass is 253 g/mol. The Morgan fingerprint density at radius 2 is 1.88 bits per heavy atom. The van der Waals surface area contributed by atoms with Crippen molar-refractivity contribution in [1.29, 1.82) is 0 Å². The molecular weight excluding hydrogens is 238 g/mol. The fourth-order valence-electron chi connectivity index (χ4n) is 1.14. The van der Waals surface area contributed by atoms with Crippen LogP contribution in [0.15, 0.2) is 24.3 Å². The molecule has 0 aliphatic rings. The molecule has 92 valence electrons. The molecule has 0 aromatic heterocycles. The smallest absolute Gasteiger partial charge is 0.335 e. The fourth-order valence-corrected chi connectivity index (χ4v) is 1.69. The van der Waals surface area contributed by atoms with Crippen LogP contribution in [-0.4, -0.2) is 28.0 Å². The van der Waals surface area contributed by atoms with Gasteiger partial charge in [-0.25, -0.2) is 4.79 Å². The minimum absolute atomic E-state index is 0.0771. The molecule has 1 rings (SSSR count). The van der Waals surface area contributed by atoms with Gasteiger partial charge in [0, 0.05) is 5.69 Å². The van der Waals surface area contributed by atoms with Crippen molar-refractivity contribution in [1.82, 2.24) is 0 Å². The number of rotatable bonds is 5. The van der Waals surface area contributed by atoms with Crippen molar-refractivity contribution in [3.8, 4) is 0 Å². The molecule has 1 amide bonds. The Morgan fingerprint density at radius 3 is 2.35 bits per heavy atom. The molecule has 0 unspecified atom stereocenters. The highest BCUT2D eigenvalue weighted by atomic mass is 32.2. The number of carboxylic acids is 1. The second-order valence-electron chi connectivity index (χ2n) is 3.79. The Kier molecular flexibility index (Phi) is 5.03. The largest absolute Gasteiger partial charge is 0.478 e. The zero-order valence-corrected chi connectivity index (χ0v) is 10.6. The predicted molar refractivity (Wildman–Crippen MR) is 69.6 cm³/mol. The number of aromatic carboxylic acids is 1. The second-order valence-corrected chi connectivity index (χ2v) is 5.36. The number of carbonyl (C=O) groups excluding carboxylic acids is 1. The maximum Gasteiger partial charge on any atom is 0.335 e. The predicted octanol–water partition coefficient (Wildman–Crippen LogP) is 2.46. The molecule has 5 heteroatoms. The molecule has 0 atom stereocenters. The van der Waals surface area contributed by atoms with Gasteiger partial charge in [0.05, 0.1) is 11.3 Å². The number of benzene rings is 1. The van der Waals surface area contributed by atoms with Gasteiger partial charge < -0.3 is 10.4 Å². The Balaban J connectivity index is 2.51. The van der Waals surface area contributed by atoms with Gasteiger partial charge in [-0.2, -0.15) is 0 Å². The number of anilines is 1. The molecule has 0 saturated carbocycles. The summed E-state index contributed by atoms with van der Waals surface area (Å²) >= 11 is 1.56. The molecule has 0 saturated heterocycles. The summed E-state index contributed by atoms with van der Waals surface area (Å²) in [6.07, 6.45) is 0. The molecule has 2 N–H and O–H groups in total. The van der Waals surface area contributed by atoms with Crippen molar-refractivity contribution in [3.63, 3.8) is 0 Å². The zero-order chi connectivity index (χ0) is 12.8. The molecule has 0 aliphatic carbocycles. The van der Waals surface area contributed by atoms with Gasteiger partial charge in [-0.3, -0.25) is 4.79 Å². The number of carboxylic acid groups (broad SMARTS) is 1. The fraction of sp³-hybridized carbons (Fsp3) is 0.333. The zero-order valence-electron chi connectivity index (χ0n) is 9.77. The van der Waals surface area contributed by atoms with Crippen LogP contribution >= 0.6 is 11.8 Å². The van der Waals surface area contributed by atoms with Crippen LogP contribution in [0, 0.1) is 0 Å². The van der Waals surface area contributed by atoms with Gasteiger partial charge in [-0.05, 0) is 29.5 Å². The van der Waals surface area contributed by atoms with Crippen LogP contribution < -0.4 is 5.32 Å². The van der Waals surface area contributed by atoms with Gasteiger partial charge in [-0.15, -0.1) is 11.8 Å². The van der Waals surface area contributed by atoms with E-state index in [1.54, 1.807) is 23.9 Å². The van der Waals surface area contributed by atoms with Crippen LogP contribution in [0.1, 0.15) is 24.2 Å². The van der Waals surface area contributed by atoms with E-state index in [-0.39, 0.29) is 11.5 Å². The Labute approximate surface area is 104 Å². The first-order chi connectivity index (χ1) is 7.99. The van der Waals surface area contributed by atoms with Crippen molar-refractivity contribution in [2.24, 2.45) is 0 Å². The SMILES string of the molecule is CC(C)SCC(=O)Nc1ccc(C(=O)O)cc1. The summed E-state index contributed by atoms with van der Waals surface area (Å²) in [5.74, 6) is -0.650. The normalized spacial score (nSPS) is 10.3. The quantitative estimate of drug-likeness (QED) is 0.846. The first-order valence-electron chi connectivity index (χ1n) is 5.24. The van der Waals surface area contributed by atoms with Gasteiger partial charge in [-0.1, -0.05) is 13.8 Å². The van der Waals surface area contributed by atoms with Crippen LogP contribution in [-0.2, 0) is 4.79 Å². The van der Waals surface area contributed by atoms with E-state index in [1.807, 2.05) is 13.8 Å². The number of nitrogens with one attached hydrogen (secondary N) is 1. The summed E-state index contributed by atoms with van der Waals surface area (Å²) in [4.78, 5) is 22.1. The Morgan fingerprint density at radius 1 is 1.29 bits per heavy atom. The maximum absolute atomic E-state index is 11.5. The molecule has 0 fully saturated rings. The number of hydrogen-bond donors (Lipinski definition) is 2. The van der Waals surface area contributed by atoms with E-state index in [0.29, 0.717) is 16.7 Å². The number of hydrogen-bond acceptors (Lipinski definition) is 3. The molecule has 1 aromatic carbocycles. The standard InChI is InChI=1S/C12H15NO3S/c1-8(2)17-7-11(14)13-10-5-3-9(4-6-10)12(15)16/h3-6,8H,7H2,1-2H3,(H,13,14)(H,15,16). The van der Waals surface area contributed by atoms with Crippen LogP contribution in [0.3, 0.4) is 0 Å². The third-order valence-corrected chi connectivity index (χ3v) is 3.06. The molecule has 1 aromatic rings. The lowest BCUT2D eigenvalue weighted by Gasteiger charge is -2.06. The Bertz CT molecular complexity index is 401. The average Bonchev–Trinajstić information content (AvgIpc) is 2.27. The van der Waals surface area contributed by atoms with E-state index in [0.717, 1.165) is 0 Å². The first-order valence-corrected chi connectivity index (χ1v) is 6.28.